The summed E-state index contributed by atoms with van der Waals surface area (Å²) in [5.74, 6) is 0.228. The number of carbonyl (C=O) groups excluding carboxylic acids is 2. The predicted octanol–water partition coefficient (Wildman–Crippen LogP) is 4.96. The Morgan fingerprint density at radius 2 is 1.82 bits per heavy atom. The van der Waals surface area contributed by atoms with E-state index in [1.165, 1.54) is 4.88 Å². The van der Waals surface area contributed by atoms with Gasteiger partial charge in [0.05, 0.1) is 12.6 Å². The highest BCUT2D eigenvalue weighted by molar-refractivity contribution is 7.09. The van der Waals surface area contributed by atoms with E-state index in [1.54, 1.807) is 11.3 Å². The van der Waals surface area contributed by atoms with Crippen LogP contribution in [0.15, 0.2) is 60.0 Å². The molecular formula is C27H30N2O3S. The molecule has 33 heavy (non-hydrogen) atoms. The average molecular weight is 463 g/mol. The maximum Gasteiger partial charge on any atom is 0.254 e. The van der Waals surface area contributed by atoms with Crippen LogP contribution in [0.4, 0.5) is 0 Å². The fourth-order valence-electron chi connectivity index (χ4n) is 5.03. The van der Waals surface area contributed by atoms with E-state index in [4.69, 9.17) is 4.74 Å². The van der Waals surface area contributed by atoms with E-state index in [0.29, 0.717) is 39.0 Å². The second-order valence-corrected chi connectivity index (χ2v) is 10.1. The number of hydrogen-bond acceptors (Lipinski definition) is 4. The molecule has 2 saturated heterocycles. The number of benzene rings is 2. The number of ether oxygens (including phenoxy) is 1. The Labute approximate surface area is 198 Å². The Kier molecular flexibility index (Phi) is 6.74. The maximum absolute atomic E-state index is 13.5. The van der Waals surface area contributed by atoms with Crippen molar-refractivity contribution in [3.8, 4) is 0 Å². The maximum atomic E-state index is 13.5. The third-order valence-electron chi connectivity index (χ3n) is 6.84. The molecule has 3 heterocycles. The quantitative estimate of drug-likeness (QED) is 0.520. The lowest BCUT2D eigenvalue weighted by Crippen LogP contribution is -2.45. The van der Waals surface area contributed by atoms with Crippen molar-refractivity contribution in [1.82, 2.24) is 9.80 Å². The van der Waals surface area contributed by atoms with E-state index in [-0.39, 0.29) is 23.8 Å². The lowest BCUT2D eigenvalue weighted by Gasteiger charge is -2.35. The molecule has 0 N–H and O–H groups in total. The number of piperidine rings is 1. The lowest BCUT2D eigenvalue weighted by molar-refractivity contribution is -0.139. The zero-order valence-corrected chi connectivity index (χ0v) is 19.6. The summed E-state index contributed by atoms with van der Waals surface area (Å²) < 4.78 is 5.83. The van der Waals surface area contributed by atoms with Gasteiger partial charge in [0, 0.05) is 42.6 Å². The van der Waals surface area contributed by atoms with E-state index in [1.807, 2.05) is 58.3 Å². The van der Waals surface area contributed by atoms with Crippen LogP contribution in [0.25, 0.3) is 10.8 Å². The molecule has 0 spiro atoms. The standard InChI is InChI=1S/C27H30N2O3S/c30-26(29(18-22-8-4-16-32-22)19-23-9-5-17-33-23)21-12-14-28(15-13-21)27(31)25-11-3-7-20-6-1-2-10-24(20)25/h1-3,5-7,9-11,17,21-22H,4,8,12-16,18-19H2. The zero-order chi connectivity index (χ0) is 22.6. The Morgan fingerprint density at radius 1 is 1.00 bits per heavy atom. The van der Waals surface area contributed by atoms with Crippen LogP contribution in [0.1, 0.15) is 40.9 Å². The molecule has 172 valence electrons. The van der Waals surface area contributed by atoms with Gasteiger partial charge in [0.15, 0.2) is 0 Å². The highest BCUT2D eigenvalue weighted by atomic mass is 32.1. The monoisotopic (exact) mass is 462 g/mol. The Hall–Kier alpha value is -2.70. The number of amides is 2. The molecule has 0 aliphatic carbocycles. The molecule has 2 aliphatic rings. The van der Waals surface area contributed by atoms with Crippen molar-refractivity contribution >= 4 is 33.9 Å². The molecule has 2 aliphatic heterocycles. The molecule has 1 atom stereocenters. The Morgan fingerprint density at radius 3 is 2.58 bits per heavy atom. The summed E-state index contributed by atoms with van der Waals surface area (Å²) in [5, 5.41) is 4.12. The molecule has 5 nitrogen and oxygen atoms in total. The number of likely N-dealkylation sites (tertiary alicyclic amines) is 1. The fourth-order valence-corrected chi connectivity index (χ4v) is 5.75. The van der Waals surface area contributed by atoms with E-state index >= 15 is 0 Å². The lowest BCUT2D eigenvalue weighted by atomic mass is 9.94. The van der Waals surface area contributed by atoms with Gasteiger partial charge >= 0.3 is 0 Å². The van der Waals surface area contributed by atoms with Crippen LogP contribution in [0.5, 0.6) is 0 Å². The molecule has 6 heteroatoms. The van der Waals surface area contributed by atoms with Crippen molar-refractivity contribution in [2.45, 2.75) is 38.3 Å². The van der Waals surface area contributed by atoms with Gasteiger partial charge in [-0.3, -0.25) is 9.59 Å². The summed E-state index contributed by atoms with van der Waals surface area (Å²) in [6.45, 7) is 3.33. The van der Waals surface area contributed by atoms with Gasteiger partial charge in [0.1, 0.15) is 0 Å². The minimum absolute atomic E-state index is 0.0390. The molecule has 2 aromatic carbocycles. The van der Waals surface area contributed by atoms with Crippen LogP contribution in [0.2, 0.25) is 0 Å². The van der Waals surface area contributed by atoms with Crippen LogP contribution in [-0.2, 0) is 16.1 Å². The zero-order valence-electron chi connectivity index (χ0n) is 18.8. The van der Waals surface area contributed by atoms with Gasteiger partial charge in [-0.15, -0.1) is 11.3 Å². The first-order valence-electron chi connectivity index (χ1n) is 11.9. The smallest absolute Gasteiger partial charge is 0.254 e. The van der Waals surface area contributed by atoms with Gasteiger partial charge in [-0.1, -0.05) is 42.5 Å². The van der Waals surface area contributed by atoms with Gasteiger partial charge in [0.25, 0.3) is 5.91 Å². The summed E-state index contributed by atoms with van der Waals surface area (Å²) in [5.41, 5.74) is 0.746. The Bertz CT molecular complexity index is 1090. The van der Waals surface area contributed by atoms with Crippen LogP contribution in [0, 0.1) is 5.92 Å². The summed E-state index contributed by atoms with van der Waals surface area (Å²) in [6.07, 6.45) is 3.65. The van der Waals surface area contributed by atoms with Gasteiger partial charge in [-0.2, -0.15) is 0 Å². The molecule has 0 bridgehead atoms. The third kappa shape index (κ3) is 4.97. The summed E-state index contributed by atoms with van der Waals surface area (Å²) in [6, 6.07) is 18.0. The third-order valence-corrected chi connectivity index (χ3v) is 7.70. The van der Waals surface area contributed by atoms with Gasteiger partial charge in [-0.25, -0.2) is 0 Å². The summed E-state index contributed by atoms with van der Waals surface area (Å²) >= 11 is 1.69. The van der Waals surface area contributed by atoms with E-state index in [2.05, 4.69) is 11.4 Å². The van der Waals surface area contributed by atoms with Crippen molar-refractivity contribution in [2.24, 2.45) is 5.92 Å². The van der Waals surface area contributed by atoms with E-state index < -0.39 is 0 Å². The minimum Gasteiger partial charge on any atom is -0.376 e. The second-order valence-electron chi connectivity index (χ2n) is 9.03. The molecular weight excluding hydrogens is 432 g/mol. The van der Waals surface area contributed by atoms with Crippen LogP contribution in [-0.4, -0.2) is 54.0 Å². The number of nitrogens with zero attached hydrogens (tertiary/aromatic N) is 2. The number of hydrogen-bond donors (Lipinski definition) is 0. The molecule has 0 radical (unpaired) electrons. The largest absolute Gasteiger partial charge is 0.376 e. The minimum atomic E-state index is -0.0390. The fraction of sp³-hybridized carbons (Fsp3) is 0.407. The molecule has 1 aromatic heterocycles. The number of carbonyl (C=O) groups is 2. The van der Waals surface area contributed by atoms with Crippen molar-refractivity contribution in [1.29, 1.82) is 0 Å². The van der Waals surface area contributed by atoms with Gasteiger partial charge < -0.3 is 14.5 Å². The molecule has 0 saturated carbocycles. The summed E-state index contributed by atoms with van der Waals surface area (Å²) in [4.78, 5) is 31.9. The molecule has 1 unspecified atom stereocenters. The molecule has 5 rings (SSSR count). The number of fused-ring (bicyclic) bond motifs is 1. The highest BCUT2D eigenvalue weighted by Crippen LogP contribution is 2.26. The van der Waals surface area contributed by atoms with Crippen LogP contribution in [0.3, 0.4) is 0 Å². The van der Waals surface area contributed by atoms with Crippen LogP contribution >= 0.6 is 11.3 Å². The average Bonchev–Trinajstić information content (AvgIpc) is 3.57. The van der Waals surface area contributed by atoms with Crippen molar-refractivity contribution < 1.29 is 14.3 Å². The first kappa shape index (κ1) is 22.1. The molecule has 2 amide bonds. The normalized spacial score (nSPS) is 19.2. The first-order valence-corrected chi connectivity index (χ1v) is 12.8. The van der Waals surface area contributed by atoms with E-state index in [9.17, 15) is 9.59 Å². The second kappa shape index (κ2) is 10.1. The number of rotatable bonds is 6. The van der Waals surface area contributed by atoms with Gasteiger partial charge in [0.2, 0.25) is 5.91 Å². The number of thiophene rings is 1. The summed E-state index contributed by atoms with van der Waals surface area (Å²) in [7, 11) is 0. The van der Waals surface area contributed by atoms with Crippen molar-refractivity contribution in [2.75, 3.05) is 26.2 Å². The topological polar surface area (TPSA) is 49.9 Å². The molecule has 2 fully saturated rings. The first-order chi connectivity index (χ1) is 16.2. The van der Waals surface area contributed by atoms with E-state index in [0.717, 1.165) is 35.8 Å². The Balaban J connectivity index is 1.24. The highest BCUT2D eigenvalue weighted by Gasteiger charge is 2.32. The van der Waals surface area contributed by atoms with Gasteiger partial charge in [-0.05, 0) is 54.0 Å². The predicted molar refractivity (Wildman–Crippen MR) is 131 cm³/mol. The molecule has 3 aromatic rings. The van der Waals surface area contributed by atoms with Crippen molar-refractivity contribution in [3.63, 3.8) is 0 Å². The van der Waals surface area contributed by atoms with Crippen LogP contribution < -0.4 is 0 Å². The van der Waals surface area contributed by atoms with Crippen molar-refractivity contribution in [3.05, 3.63) is 70.4 Å². The SMILES string of the molecule is O=C(c1cccc2ccccc12)N1CCC(C(=O)N(Cc2cccs2)CC2CCCO2)CC1.